The molecule has 1 saturated carbocycles. The van der Waals surface area contributed by atoms with Crippen LogP contribution >= 0.6 is 0 Å². The van der Waals surface area contributed by atoms with Crippen LogP contribution in [0, 0.1) is 12.8 Å². The SMILES string of the molecule is Cc1cc(CN(C)C(=O)C2CCCCCC2N)no1. The lowest BCUT2D eigenvalue weighted by molar-refractivity contribution is -0.135. The third-order valence-corrected chi connectivity index (χ3v) is 3.84. The molecule has 2 atom stereocenters. The van der Waals surface area contributed by atoms with Crippen molar-refractivity contribution in [3.63, 3.8) is 0 Å². The molecule has 0 saturated heterocycles. The van der Waals surface area contributed by atoms with Gasteiger partial charge in [-0.3, -0.25) is 4.79 Å². The van der Waals surface area contributed by atoms with Crippen molar-refractivity contribution in [2.75, 3.05) is 7.05 Å². The van der Waals surface area contributed by atoms with E-state index < -0.39 is 0 Å². The van der Waals surface area contributed by atoms with Crippen LogP contribution in [0.15, 0.2) is 10.6 Å². The predicted molar refractivity (Wildman–Crippen MR) is 72.3 cm³/mol. The van der Waals surface area contributed by atoms with Gasteiger partial charge in [-0.05, 0) is 19.8 Å². The zero-order valence-electron chi connectivity index (χ0n) is 11.8. The van der Waals surface area contributed by atoms with Crippen LogP contribution in [0.25, 0.3) is 0 Å². The van der Waals surface area contributed by atoms with Gasteiger partial charge in [-0.2, -0.15) is 0 Å². The van der Waals surface area contributed by atoms with Crippen LogP contribution < -0.4 is 5.73 Å². The van der Waals surface area contributed by atoms with Crippen LogP contribution in [0.3, 0.4) is 0 Å². The number of nitrogens with two attached hydrogens (primary N) is 1. The van der Waals surface area contributed by atoms with Gasteiger partial charge in [-0.1, -0.05) is 24.4 Å². The maximum Gasteiger partial charge on any atom is 0.227 e. The topological polar surface area (TPSA) is 72.4 Å². The lowest BCUT2D eigenvalue weighted by Gasteiger charge is -2.25. The molecular formula is C14H23N3O2. The largest absolute Gasteiger partial charge is 0.361 e. The monoisotopic (exact) mass is 265 g/mol. The Bertz CT molecular complexity index is 430. The molecule has 106 valence electrons. The van der Waals surface area contributed by atoms with E-state index >= 15 is 0 Å². The third-order valence-electron chi connectivity index (χ3n) is 3.84. The van der Waals surface area contributed by atoms with Gasteiger partial charge in [-0.15, -0.1) is 0 Å². The molecule has 2 rings (SSSR count). The molecule has 1 aliphatic carbocycles. The molecule has 5 nitrogen and oxygen atoms in total. The first-order valence-electron chi connectivity index (χ1n) is 7.00. The Kier molecular flexibility index (Phi) is 4.58. The number of carbonyl (C=O) groups is 1. The molecular weight excluding hydrogens is 242 g/mol. The molecule has 0 aliphatic heterocycles. The van der Waals surface area contributed by atoms with Crippen molar-refractivity contribution in [2.24, 2.45) is 11.7 Å². The van der Waals surface area contributed by atoms with Crippen LogP contribution in [0.1, 0.15) is 43.6 Å². The van der Waals surface area contributed by atoms with Crippen molar-refractivity contribution >= 4 is 5.91 Å². The lowest BCUT2D eigenvalue weighted by atomic mass is 9.94. The first-order chi connectivity index (χ1) is 9.08. The quantitative estimate of drug-likeness (QED) is 0.846. The minimum Gasteiger partial charge on any atom is -0.361 e. The zero-order chi connectivity index (χ0) is 13.8. The highest BCUT2D eigenvalue weighted by molar-refractivity contribution is 5.79. The summed E-state index contributed by atoms with van der Waals surface area (Å²) in [5, 5.41) is 3.92. The number of hydrogen-bond acceptors (Lipinski definition) is 4. The Labute approximate surface area is 114 Å². The van der Waals surface area contributed by atoms with E-state index in [2.05, 4.69) is 5.16 Å². The summed E-state index contributed by atoms with van der Waals surface area (Å²) in [6, 6.07) is 1.85. The lowest BCUT2D eigenvalue weighted by Crippen LogP contribution is -2.42. The van der Waals surface area contributed by atoms with Crippen LogP contribution in [0.2, 0.25) is 0 Å². The van der Waals surface area contributed by atoms with E-state index in [1.54, 1.807) is 4.90 Å². The highest BCUT2D eigenvalue weighted by Gasteiger charge is 2.29. The molecule has 0 aromatic carbocycles. The number of rotatable bonds is 3. The molecule has 1 aromatic rings. The first kappa shape index (κ1) is 14.1. The van der Waals surface area contributed by atoms with Gasteiger partial charge in [0, 0.05) is 19.2 Å². The standard InChI is InChI=1S/C14H23N3O2/c1-10-8-11(16-19-10)9-17(2)14(18)12-6-4-3-5-7-13(12)15/h8,12-13H,3-7,9,15H2,1-2H3. The van der Waals surface area contributed by atoms with Gasteiger partial charge < -0.3 is 15.2 Å². The van der Waals surface area contributed by atoms with E-state index in [1.807, 2.05) is 20.0 Å². The van der Waals surface area contributed by atoms with E-state index in [0.29, 0.717) is 6.54 Å². The van der Waals surface area contributed by atoms with Gasteiger partial charge in [0.1, 0.15) is 11.5 Å². The van der Waals surface area contributed by atoms with E-state index in [0.717, 1.165) is 37.1 Å². The Morgan fingerprint density at radius 2 is 2.21 bits per heavy atom. The van der Waals surface area contributed by atoms with Crippen molar-refractivity contribution in [1.29, 1.82) is 0 Å². The molecule has 19 heavy (non-hydrogen) atoms. The zero-order valence-corrected chi connectivity index (χ0v) is 11.8. The third kappa shape index (κ3) is 3.56. The highest BCUT2D eigenvalue weighted by Crippen LogP contribution is 2.24. The molecule has 1 heterocycles. The summed E-state index contributed by atoms with van der Waals surface area (Å²) in [5.74, 6) is 0.859. The second-order valence-electron chi connectivity index (χ2n) is 5.53. The summed E-state index contributed by atoms with van der Waals surface area (Å²) < 4.78 is 5.02. The van der Waals surface area contributed by atoms with E-state index in [9.17, 15) is 4.79 Å². The Morgan fingerprint density at radius 1 is 1.47 bits per heavy atom. The van der Waals surface area contributed by atoms with E-state index in [-0.39, 0.29) is 17.9 Å². The first-order valence-corrected chi connectivity index (χ1v) is 7.00. The maximum absolute atomic E-state index is 12.5. The normalized spacial score (nSPS) is 23.9. The molecule has 0 radical (unpaired) electrons. The number of nitrogens with zero attached hydrogens (tertiary/aromatic N) is 2. The molecule has 1 fully saturated rings. The predicted octanol–water partition coefficient (Wildman–Crippen LogP) is 1.85. The van der Waals surface area contributed by atoms with Crippen molar-refractivity contribution < 1.29 is 9.32 Å². The van der Waals surface area contributed by atoms with Crippen molar-refractivity contribution in [3.8, 4) is 0 Å². The molecule has 1 amide bonds. The summed E-state index contributed by atoms with van der Waals surface area (Å²) in [6.07, 6.45) is 5.28. The van der Waals surface area contributed by atoms with Gasteiger partial charge in [-0.25, -0.2) is 0 Å². The smallest absolute Gasteiger partial charge is 0.227 e. The van der Waals surface area contributed by atoms with Gasteiger partial charge >= 0.3 is 0 Å². The number of carbonyl (C=O) groups excluding carboxylic acids is 1. The minimum atomic E-state index is -0.0412. The van der Waals surface area contributed by atoms with Crippen molar-refractivity contribution in [3.05, 3.63) is 17.5 Å². The molecule has 1 aliphatic rings. The van der Waals surface area contributed by atoms with E-state index in [1.165, 1.54) is 6.42 Å². The second-order valence-corrected chi connectivity index (χ2v) is 5.53. The summed E-state index contributed by atoms with van der Waals surface area (Å²) in [6.45, 7) is 2.33. The number of amides is 1. The van der Waals surface area contributed by atoms with E-state index in [4.69, 9.17) is 10.3 Å². The van der Waals surface area contributed by atoms with Gasteiger partial charge in [0.2, 0.25) is 5.91 Å². The fourth-order valence-corrected chi connectivity index (χ4v) is 2.74. The Morgan fingerprint density at radius 3 is 2.89 bits per heavy atom. The Hall–Kier alpha value is -1.36. The van der Waals surface area contributed by atoms with Crippen LogP contribution in [-0.4, -0.2) is 29.1 Å². The molecule has 5 heteroatoms. The minimum absolute atomic E-state index is 0.00325. The molecule has 0 bridgehead atoms. The maximum atomic E-state index is 12.5. The Balaban J connectivity index is 1.97. The average molecular weight is 265 g/mol. The number of hydrogen-bond donors (Lipinski definition) is 1. The van der Waals surface area contributed by atoms with Crippen LogP contribution in [-0.2, 0) is 11.3 Å². The summed E-state index contributed by atoms with van der Waals surface area (Å²) >= 11 is 0. The molecule has 0 spiro atoms. The van der Waals surface area contributed by atoms with Crippen LogP contribution in [0.4, 0.5) is 0 Å². The molecule has 1 aromatic heterocycles. The molecule has 2 unspecified atom stereocenters. The van der Waals surface area contributed by atoms with Crippen molar-refractivity contribution in [2.45, 2.75) is 51.6 Å². The van der Waals surface area contributed by atoms with Gasteiger partial charge in [0.15, 0.2) is 0 Å². The van der Waals surface area contributed by atoms with Gasteiger partial charge in [0.25, 0.3) is 0 Å². The fourth-order valence-electron chi connectivity index (χ4n) is 2.74. The number of aromatic nitrogens is 1. The summed E-state index contributed by atoms with van der Waals surface area (Å²) in [4.78, 5) is 14.2. The highest BCUT2D eigenvalue weighted by atomic mass is 16.5. The van der Waals surface area contributed by atoms with Gasteiger partial charge in [0.05, 0.1) is 12.5 Å². The van der Waals surface area contributed by atoms with Crippen molar-refractivity contribution in [1.82, 2.24) is 10.1 Å². The fraction of sp³-hybridized carbons (Fsp3) is 0.714. The number of aryl methyl sites for hydroxylation is 1. The van der Waals surface area contributed by atoms with Crippen LogP contribution in [0.5, 0.6) is 0 Å². The molecule has 2 N–H and O–H groups in total. The summed E-state index contributed by atoms with van der Waals surface area (Å²) in [5.41, 5.74) is 6.92. The average Bonchev–Trinajstić information content (AvgIpc) is 2.66. The second kappa shape index (κ2) is 6.19. The summed E-state index contributed by atoms with van der Waals surface area (Å²) in [7, 11) is 1.81.